The van der Waals surface area contributed by atoms with Crippen LogP contribution in [-0.2, 0) is 52.7 Å². The molecule has 4 aliphatic heterocycles. The van der Waals surface area contributed by atoms with Gasteiger partial charge in [-0.1, -0.05) is 48.5 Å². The number of hydrogen-bond acceptors (Lipinski definition) is 12. The summed E-state index contributed by atoms with van der Waals surface area (Å²) in [6.45, 7) is 17.2. The second kappa shape index (κ2) is 29.8. The molecule has 4 heterocycles. The highest BCUT2D eigenvalue weighted by molar-refractivity contribution is 5.95. The summed E-state index contributed by atoms with van der Waals surface area (Å²) in [4.78, 5) is 149. The second-order valence-corrected chi connectivity index (χ2v) is 22.8. The van der Waals surface area contributed by atoms with Crippen LogP contribution in [0.15, 0.2) is 0 Å². The molecule has 12 atom stereocenters. The van der Waals surface area contributed by atoms with Crippen molar-refractivity contribution in [3.63, 3.8) is 0 Å². The number of carbonyl (C=O) groups is 11. The fourth-order valence-corrected chi connectivity index (χ4v) is 11.1. The summed E-state index contributed by atoms with van der Waals surface area (Å²) in [5.74, 6) is -7.68. The van der Waals surface area contributed by atoms with Gasteiger partial charge in [-0.2, -0.15) is 0 Å². The van der Waals surface area contributed by atoms with Crippen LogP contribution in [0.4, 0.5) is 0 Å². The van der Waals surface area contributed by atoms with Crippen molar-refractivity contribution in [2.75, 3.05) is 32.7 Å². The van der Waals surface area contributed by atoms with Gasteiger partial charge in [0.1, 0.15) is 30.2 Å². The minimum absolute atomic E-state index is 0.117. The van der Waals surface area contributed by atoms with E-state index in [-0.39, 0.29) is 71.9 Å². The summed E-state index contributed by atoms with van der Waals surface area (Å²) in [5.41, 5.74) is 5.65. The van der Waals surface area contributed by atoms with Crippen LogP contribution in [0.1, 0.15) is 159 Å². The van der Waals surface area contributed by atoms with Gasteiger partial charge in [0.05, 0.1) is 19.0 Å². The number of carboxylic acid groups (broad SMARTS) is 2. The highest BCUT2D eigenvalue weighted by Crippen LogP contribution is 2.28. The van der Waals surface area contributed by atoms with E-state index < -0.39 is 90.1 Å². The Morgan fingerprint density at radius 2 is 0.909 bits per heavy atom. The largest absolute Gasteiger partial charge is 0.481 e. The maximum atomic E-state index is 13.9. The zero-order chi connectivity index (χ0) is 57.4. The number of carbonyl (C=O) groups excluding carboxylic acids is 9. The van der Waals surface area contributed by atoms with Crippen molar-refractivity contribution in [3.05, 3.63) is 0 Å². The van der Waals surface area contributed by atoms with Crippen LogP contribution >= 0.6 is 0 Å². The Morgan fingerprint density at radius 3 is 1.38 bits per heavy atom. The lowest BCUT2D eigenvalue weighted by Crippen LogP contribution is -2.57. The van der Waals surface area contributed by atoms with Crippen molar-refractivity contribution in [3.8, 4) is 0 Å². The highest BCUT2D eigenvalue weighted by Gasteiger charge is 2.41. The Morgan fingerprint density at radius 1 is 0.494 bits per heavy atom. The molecule has 0 bridgehead atoms. The molecule has 0 unspecified atom stereocenters. The van der Waals surface area contributed by atoms with Crippen LogP contribution in [0, 0.1) is 29.6 Å². The molecule has 4 saturated heterocycles. The van der Waals surface area contributed by atoms with E-state index in [0.29, 0.717) is 77.5 Å². The molecule has 0 radical (unpaired) electrons. The molecule has 0 aromatic rings. The molecule has 0 aromatic heterocycles. The number of nitrogens with two attached hydrogens (primary N) is 1. The normalized spacial score (nSPS) is 22.6. The van der Waals surface area contributed by atoms with Crippen molar-refractivity contribution in [1.82, 2.24) is 46.2 Å². The summed E-state index contributed by atoms with van der Waals surface area (Å²) < 4.78 is 0. The standard InChI is InChI=1S/C54H90N10O13/c1-30(2)44(53(75)64-27-13-17-41(64)50(72)60-45(31(3)4)54(76)77)59-48(70)34(7)19-21-37-14-10-24-61(37)42(65)29-56-46(68)32(5)18-22-38-15-11-25-62(38)51(73)35(8)57-47(69)33(6)20-23-39-16-12-26-63(39)52(74)36(9)58-49(71)40(55)28-43(66)67/h30-41,44-45H,10-29,55H2,1-9H3,(H,56,68)(H,57,69)(H,58,71)(H,59,70)(H,60,72)(H,66,67)(H,76,77)/t32-,33-,34-,35+,36+,37+,38+,39+,40-,41+,44+,45+/m1/s1. The number of aliphatic carboxylic acids is 2. The van der Waals surface area contributed by atoms with Crippen molar-refractivity contribution in [2.24, 2.45) is 35.3 Å². The van der Waals surface area contributed by atoms with Crippen LogP contribution in [-0.4, -0.2) is 182 Å². The average Bonchev–Trinajstić information content (AvgIpc) is 4.23. The first-order chi connectivity index (χ1) is 36.2. The molecule has 0 aromatic carbocycles. The average molecular weight is 1090 g/mol. The minimum Gasteiger partial charge on any atom is -0.481 e. The molecule has 23 heteroatoms. The fourth-order valence-electron chi connectivity index (χ4n) is 11.1. The van der Waals surface area contributed by atoms with Crippen molar-refractivity contribution >= 4 is 65.1 Å². The van der Waals surface area contributed by atoms with E-state index >= 15 is 0 Å². The van der Waals surface area contributed by atoms with Gasteiger partial charge in [-0.15, -0.1) is 0 Å². The molecule has 0 aliphatic carbocycles. The maximum Gasteiger partial charge on any atom is 0.326 e. The molecule has 4 aliphatic rings. The molecule has 434 valence electrons. The van der Waals surface area contributed by atoms with Gasteiger partial charge in [0.15, 0.2) is 0 Å². The summed E-state index contributed by atoms with van der Waals surface area (Å²) in [7, 11) is 0. The fraction of sp³-hybridized carbons (Fsp3) is 0.796. The van der Waals surface area contributed by atoms with Crippen LogP contribution < -0.4 is 32.3 Å². The molecular formula is C54H90N10O13. The Hall–Kier alpha value is -5.87. The van der Waals surface area contributed by atoms with Gasteiger partial charge >= 0.3 is 11.9 Å². The minimum atomic E-state index is -1.28. The lowest BCUT2D eigenvalue weighted by molar-refractivity contribution is -0.146. The van der Waals surface area contributed by atoms with E-state index in [1.807, 2.05) is 13.8 Å². The molecule has 77 heavy (non-hydrogen) atoms. The zero-order valence-corrected chi connectivity index (χ0v) is 47.0. The molecule has 4 fully saturated rings. The van der Waals surface area contributed by atoms with Gasteiger partial charge < -0.3 is 62.1 Å². The third-order valence-electron chi connectivity index (χ3n) is 16.1. The lowest BCUT2D eigenvalue weighted by Gasteiger charge is -2.32. The zero-order valence-electron chi connectivity index (χ0n) is 47.0. The van der Waals surface area contributed by atoms with Crippen molar-refractivity contribution in [1.29, 1.82) is 0 Å². The molecule has 0 saturated carbocycles. The van der Waals surface area contributed by atoms with Crippen LogP contribution in [0.3, 0.4) is 0 Å². The van der Waals surface area contributed by atoms with Gasteiger partial charge in [0, 0.05) is 62.1 Å². The second-order valence-electron chi connectivity index (χ2n) is 22.8. The molecule has 23 nitrogen and oxygen atoms in total. The van der Waals surface area contributed by atoms with E-state index in [9.17, 15) is 57.8 Å². The first-order valence-corrected chi connectivity index (χ1v) is 28.1. The van der Waals surface area contributed by atoms with E-state index in [0.717, 1.165) is 38.5 Å². The van der Waals surface area contributed by atoms with E-state index in [2.05, 4.69) is 26.6 Å². The quantitative estimate of drug-likeness (QED) is 0.0551. The third kappa shape index (κ3) is 18.1. The first-order valence-electron chi connectivity index (χ1n) is 28.1. The number of amides is 9. The smallest absolute Gasteiger partial charge is 0.326 e. The number of likely N-dealkylation sites (tertiary alicyclic amines) is 4. The Kier molecular flexibility index (Phi) is 24.6. The van der Waals surface area contributed by atoms with Crippen LogP contribution in [0.2, 0.25) is 0 Å². The Bertz CT molecular complexity index is 2120. The molecule has 4 rings (SSSR count). The molecule has 0 spiro atoms. The van der Waals surface area contributed by atoms with Gasteiger partial charge in [-0.25, -0.2) is 4.79 Å². The Balaban J connectivity index is 1.17. The number of rotatable bonds is 28. The maximum absolute atomic E-state index is 13.9. The van der Waals surface area contributed by atoms with E-state index in [1.54, 1.807) is 56.2 Å². The van der Waals surface area contributed by atoms with E-state index in [1.165, 1.54) is 11.8 Å². The molecular weight excluding hydrogens is 997 g/mol. The third-order valence-corrected chi connectivity index (χ3v) is 16.1. The van der Waals surface area contributed by atoms with Gasteiger partial charge in [0.25, 0.3) is 0 Å². The predicted molar refractivity (Wildman–Crippen MR) is 284 cm³/mol. The number of nitrogens with one attached hydrogen (secondary N) is 5. The molecule has 9 amide bonds. The van der Waals surface area contributed by atoms with Gasteiger partial charge in [-0.3, -0.25) is 47.9 Å². The van der Waals surface area contributed by atoms with Crippen molar-refractivity contribution < 1.29 is 63.0 Å². The Labute approximate surface area is 454 Å². The van der Waals surface area contributed by atoms with Gasteiger partial charge in [0.2, 0.25) is 53.2 Å². The summed E-state index contributed by atoms with van der Waals surface area (Å²) >= 11 is 0. The van der Waals surface area contributed by atoms with Gasteiger partial charge in [-0.05, 0) is 116 Å². The number of nitrogens with zero attached hydrogens (tertiary/aromatic N) is 4. The lowest BCUT2D eigenvalue weighted by atomic mass is 9.97. The van der Waals surface area contributed by atoms with Crippen LogP contribution in [0.5, 0.6) is 0 Å². The van der Waals surface area contributed by atoms with Crippen molar-refractivity contribution in [2.45, 2.75) is 213 Å². The van der Waals surface area contributed by atoms with E-state index in [4.69, 9.17) is 10.8 Å². The topological polar surface area (TPSA) is 327 Å². The number of hydrogen-bond donors (Lipinski definition) is 8. The monoisotopic (exact) mass is 1090 g/mol. The molecule has 9 N–H and O–H groups in total. The SMILES string of the molecule is CC(C)[C@H](NC(=O)[C@@H]1CCCN1C(=O)[C@@H](NC(=O)[C@H](C)CC[C@@H]1CCCN1C(=O)CNC(=O)[C@H](C)CC[C@@H]1CCCN1C(=O)[C@H](C)NC(=O)[C@H](C)CC[C@@H]1CCCN1C(=O)[C@H](C)NC(=O)[C@H](N)CC(=O)O)C(C)C)C(=O)O. The number of carboxylic acids is 2. The first kappa shape index (κ1) is 63.7. The summed E-state index contributed by atoms with van der Waals surface area (Å²) in [6, 6.07) is -6.20. The highest BCUT2D eigenvalue weighted by atomic mass is 16.4. The summed E-state index contributed by atoms with van der Waals surface area (Å²) in [5, 5.41) is 32.2. The predicted octanol–water partition coefficient (Wildman–Crippen LogP) is 1.49. The summed E-state index contributed by atoms with van der Waals surface area (Å²) in [6.07, 6.45) is 7.97. The van der Waals surface area contributed by atoms with Crippen LogP contribution in [0.25, 0.3) is 0 Å².